The number of carbonyl (C=O) groups is 1. The van der Waals surface area contributed by atoms with Crippen LogP contribution in [0.3, 0.4) is 0 Å². The first-order valence-corrected chi connectivity index (χ1v) is 8.11. The van der Waals surface area contributed by atoms with Gasteiger partial charge in [-0.15, -0.1) is 0 Å². The van der Waals surface area contributed by atoms with Gasteiger partial charge in [-0.25, -0.2) is 8.78 Å². The fraction of sp³-hybridized carbons (Fsp3) is 0.389. The molecule has 0 saturated carbocycles. The molecule has 2 aromatic rings. The predicted octanol–water partition coefficient (Wildman–Crippen LogP) is 2.30. The molecule has 2 atom stereocenters. The standard InChI is InChI=1S/C18H21F2N3O2/c1-22(2)18(25)16-6-4-12(21-16)9-23-10-13(24)8-17(23)11-3-5-14(19)15(20)7-11/h3-7,13,17,21,24H,8-10H2,1-2H3/t13-,17-/m1/s1. The van der Waals surface area contributed by atoms with E-state index in [9.17, 15) is 18.7 Å². The lowest BCUT2D eigenvalue weighted by Crippen LogP contribution is -2.25. The average molecular weight is 349 g/mol. The number of rotatable bonds is 4. The van der Waals surface area contributed by atoms with E-state index in [1.165, 1.54) is 11.0 Å². The lowest BCUT2D eigenvalue weighted by Gasteiger charge is -2.24. The minimum absolute atomic E-state index is 0.120. The Morgan fingerprint density at radius 1 is 1.28 bits per heavy atom. The van der Waals surface area contributed by atoms with E-state index in [0.29, 0.717) is 30.8 Å². The molecule has 134 valence electrons. The highest BCUT2D eigenvalue weighted by molar-refractivity contribution is 5.92. The summed E-state index contributed by atoms with van der Waals surface area (Å²) in [7, 11) is 3.36. The first-order chi connectivity index (χ1) is 11.8. The van der Waals surface area contributed by atoms with Crippen molar-refractivity contribution in [1.29, 1.82) is 0 Å². The molecule has 5 nitrogen and oxygen atoms in total. The van der Waals surface area contributed by atoms with Crippen LogP contribution in [0.4, 0.5) is 8.78 Å². The SMILES string of the molecule is CN(C)C(=O)c1ccc(CN2C[C@H](O)C[C@@H]2c2ccc(F)c(F)c2)[nH]1. The number of halogens is 2. The van der Waals surface area contributed by atoms with Gasteiger partial charge in [0.05, 0.1) is 6.10 Å². The maximum absolute atomic E-state index is 13.5. The highest BCUT2D eigenvalue weighted by atomic mass is 19.2. The van der Waals surface area contributed by atoms with E-state index in [1.807, 2.05) is 11.0 Å². The lowest BCUT2D eigenvalue weighted by molar-refractivity contribution is 0.0822. The van der Waals surface area contributed by atoms with Crippen LogP contribution in [0.25, 0.3) is 0 Å². The van der Waals surface area contributed by atoms with Gasteiger partial charge in [-0.2, -0.15) is 0 Å². The second-order valence-electron chi connectivity index (χ2n) is 6.61. The van der Waals surface area contributed by atoms with Crippen LogP contribution in [0.15, 0.2) is 30.3 Å². The third-order valence-electron chi connectivity index (χ3n) is 4.47. The van der Waals surface area contributed by atoms with Crippen molar-refractivity contribution >= 4 is 5.91 Å². The van der Waals surface area contributed by atoms with Crippen molar-refractivity contribution in [2.75, 3.05) is 20.6 Å². The zero-order valence-electron chi connectivity index (χ0n) is 14.2. The van der Waals surface area contributed by atoms with Crippen molar-refractivity contribution in [3.63, 3.8) is 0 Å². The van der Waals surface area contributed by atoms with Crippen LogP contribution in [0.5, 0.6) is 0 Å². The largest absolute Gasteiger partial charge is 0.392 e. The van der Waals surface area contributed by atoms with Crippen LogP contribution in [0.2, 0.25) is 0 Å². The molecule has 2 N–H and O–H groups in total. The van der Waals surface area contributed by atoms with Crippen molar-refractivity contribution in [1.82, 2.24) is 14.8 Å². The van der Waals surface area contributed by atoms with Gasteiger partial charge in [-0.1, -0.05) is 6.07 Å². The van der Waals surface area contributed by atoms with E-state index >= 15 is 0 Å². The lowest BCUT2D eigenvalue weighted by atomic mass is 10.0. The van der Waals surface area contributed by atoms with Gasteiger partial charge in [-0.05, 0) is 36.2 Å². The van der Waals surface area contributed by atoms with Crippen molar-refractivity contribution in [3.05, 3.63) is 58.9 Å². The summed E-state index contributed by atoms with van der Waals surface area (Å²) in [5.74, 6) is -1.90. The Morgan fingerprint density at radius 3 is 2.72 bits per heavy atom. The first-order valence-electron chi connectivity index (χ1n) is 8.11. The number of H-pyrrole nitrogens is 1. The van der Waals surface area contributed by atoms with E-state index in [0.717, 1.165) is 11.8 Å². The van der Waals surface area contributed by atoms with Gasteiger partial charge in [0.15, 0.2) is 11.6 Å². The summed E-state index contributed by atoms with van der Waals surface area (Å²) in [6.07, 6.45) is -0.0779. The second-order valence-corrected chi connectivity index (χ2v) is 6.61. The quantitative estimate of drug-likeness (QED) is 0.891. The molecule has 1 aromatic carbocycles. The Bertz CT molecular complexity index is 775. The summed E-state index contributed by atoms with van der Waals surface area (Å²) in [4.78, 5) is 18.5. The molecule has 0 aliphatic carbocycles. The third-order valence-corrected chi connectivity index (χ3v) is 4.47. The monoisotopic (exact) mass is 349 g/mol. The number of nitrogens with one attached hydrogen (secondary N) is 1. The summed E-state index contributed by atoms with van der Waals surface area (Å²) >= 11 is 0. The van der Waals surface area contributed by atoms with Crippen molar-refractivity contribution in [2.24, 2.45) is 0 Å². The average Bonchev–Trinajstić information content (AvgIpc) is 3.16. The summed E-state index contributed by atoms with van der Waals surface area (Å²) in [5, 5.41) is 10.0. The first kappa shape index (κ1) is 17.6. The topological polar surface area (TPSA) is 59.6 Å². The zero-order valence-corrected chi connectivity index (χ0v) is 14.2. The molecule has 0 unspecified atom stereocenters. The Kier molecular flexibility index (Phi) is 4.87. The number of hydrogen-bond acceptors (Lipinski definition) is 3. The Morgan fingerprint density at radius 2 is 2.04 bits per heavy atom. The summed E-state index contributed by atoms with van der Waals surface area (Å²) in [5.41, 5.74) is 1.95. The third kappa shape index (κ3) is 3.72. The maximum atomic E-state index is 13.5. The molecule has 1 saturated heterocycles. The van der Waals surface area contributed by atoms with E-state index < -0.39 is 17.7 Å². The Balaban J connectivity index is 1.78. The van der Waals surface area contributed by atoms with E-state index in [-0.39, 0.29) is 11.9 Å². The van der Waals surface area contributed by atoms with Crippen LogP contribution in [0, 0.1) is 11.6 Å². The van der Waals surface area contributed by atoms with Crippen molar-refractivity contribution in [3.8, 4) is 0 Å². The van der Waals surface area contributed by atoms with Crippen LogP contribution in [-0.4, -0.2) is 52.5 Å². The molecule has 25 heavy (non-hydrogen) atoms. The number of aliphatic hydroxyl groups is 1. The van der Waals surface area contributed by atoms with Crippen LogP contribution < -0.4 is 0 Å². The molecule has 1 amide bonds. The number of aromatic nitrogens is 1. The van der Waals surface area contributed by atoms with Crippen LogP contribution >= 0.6 is 0 Å². The molecule has 0 spiro atoms. The van der Waals surface area contributed by atoms with Gasteiger partial charge in [0, 0.05) is 38.9 Å². The number of benzene rings is 1. The molecular weight excluding hydrogens is 328 g/mol. The van der Waals surface area contributed by atoms with Gasteiger partial charge in [0.2, 0.25) is 0 Å². The molecule has 0 bridgehead atoms. The Labute approximate surface area is 144 Å². The number of carbonyl (C=O) groups excluding carboxylic acids is 1. The molecule has 1 fully saturated rings. The predicted molar refractivity (Wildman–Crippen MR) is 88.9 cm³/mol. The number of amides is 1. The van der Waals surface area contributed by atoms with Gasteiger partial charge in [0.25, 0.3) is 5.91 Å². The summed E-state index contributed by atoms with van der Waals surface area (Å²) in [6, 6.07) is 7.17. The molecule has 3 rings (SSSR count). The summed E-state index contributed by atoms with van der Waals surface area (Å²) < 4.78 is 26.7. The zero-order chi connectivity index (χ0) is 18.1. The molecular formula is C18H21F2N3O2. The van der Waals surface area contributed by atoms with Crippen molar-refractivity contribution in [2.45, 2.75) is 25.1 Å². The van der Waals surface area contributed by atoms with E-state index in [4.69, 9.17) is 0 Å². The fourth-order valence-corrected chi connectivity index (χ4v) is 3.24. The highest BCUT2D eigenvalue weighted by Gasteiger charge is 2.32. The second kappa shape index (κ2) is 6.93. The molecule has 2 heterocycles. The van der Waals surface area contributed by atoms with Gasteiger partial charge < -0.3 is 15.0 Å². The number of hydrogen-bond donors (Lipinski definition) is 2. The normalized spacial score (nSPS) is 20.8. The summed E-state index contributed by atoms with van der Waals surface area (Å²) in [6.45, 7) is 0.904. The minimum Gasteiger partial charge on any atom is -0.392 e. The van der Waals surface area contributed by atoms with Crippen LogP contribution in [0.1, 0.15) is 34.2 Å². The van der Waals surface area contributed by atoms with Crippen LogP contribution in [-0.2, 0) is 6.54 Å². The molecule has 7 heteroatoms. The van der Waals surface area contributed by atoms with Gasteiger partial charge in [0.1, 0.15) is 5.69 Å². The molecule has 0 radical (unpaired) electrons. The maximum Gasteiger partial charge on any atom is 0.269 e. The molecule has 1 aliphatic rings. The van der Waals surface area contributed by atoms with E-state index in [1.54, 1.807) is 26.2 Å². The number of aromatic amines is 1. The molecule has 1 aromatic heterocycles. The smallest absolute Gasteiger partial charge is 0.269 e. The van der Waals surface area contributed by atoms with Crippen molar-refractivity contribution < 1.29 is 18.7 Å². The number of aliphatic hydroxyl groups excluding tert-OH is 1. The fourth-order valence-electron chi connectivity index (χ4n) is 3.24. The van der Waals surface area contributed by atoms with Gasteiger partial charge >= 0.3 is 0 Å². The van der Waals surface area contributed by atoms with Gasteiger partial charge in [-0.3, -0.25) is 9.69 Å². The minimum atomic E-state index is -0.891. The van der Waals surface area contributed by atoms with E-state index in [2.05, 4.69) is 4.98 Å². The number of β-amino-alcohol motifs (C(OH)–C–C–N with tert-alkyl or cyclic N) is 1. The number of likely N-dealkylation sites (tertiary alicyclic amines) is 1. The number of nitrogens with zero attached hydrogens (tertiary/aromatic N) is 2. The Hall–Kier alpha value is -2.25. The highest BCUT2D eigenvalue weighted by Crippen LogP contribution is 2.34. The molecule has 1 aliphatic heterocycles.